The summed E-state index contributed by atoms with van der Waals surface area (Å²) in [5.41, 5.74) is 7.51. The first-order chi connectivity index (χ1) is 8.57. The molecule has 2 N–H and O–H groups in total. The standard InChI is InChI=1S/C15H19F2N/c16-15(17)7-6-11(9-15)14(18)13-8-12(13)10-4-2-1-3-5-10/h1-5,11-14H,6-9,18H2. The molecule has 1 aromatic rings. The van der Waals surface area contributed by atoms with E-state index in [9.17, 15) is 8.78 Å². The van der Waals surface area contributed by atoms with Crippen LogP contribution in [-0.2, 0) is 0 Å². The van der Waals surface area contributed by atoms with Crippen molar-refractivity contribution >= 4 is 0 Å². The lowest BCUT2D eigenvalue weighted by molar-refractivity contribution is 0.00358. The first kappa shape index (κ1) is 12.1. The number of alkyl halides is 2. The maximum absolute atomic E-state index is 13.2. The van der Waals surface area contributed by atoms with Crippen molar-refractivity contribution < 1.29 is 8.78 Å². The van der Waals surface area contributed by atoms with E-state index < -0.39 is 5.92 Å². The molecule has 2 fully saturated rings. The molecule has 0 spiro atoms. The van der Waals surface area contributed by atoms with Gasteiger partial charge in [0.05, 0.1) is 0 Å². The SMILES string of the molecule is NC(C1CCC(F)(F)C1)C1CC1c1ccccc1. The minimum Gasteiger partial charge on any atom is -0.327 e. The van der Waals surface area contributed by atoms with Crippen LogP contribution in [0.3, 0.4) is 0 Å². The van der Waals surface area contributed by atoms with Gasteiger partial charge in [-0.1, -0.05) is 30.3 Å². The van der Waals surface area contributed by atoms with Crippen molar-refractivity contribution in [1.29, 1.82) is 0 Å². The summed E-state index contributed by atoms with van der Waals surface area (Å²) in [5.74, 6) is -1.56. The molecule has 3 heteroatoms. The van der Waals surface area contributed by atoms with Crippen molar-refractivity contribution in [1.82, 2.24) is 0 Å². The molecular weight excluding hydrogens is 232 g/mol. The molecule has 0 bridgehead atoms. The second-order valence-electron chi connectivity index (χ2n) is 5.85. The molecule has 0 heterocycles. The van der Waals surface area contributed by atoms with Gasteiger partial charge in [-0.25, -0.2) is 8.78 Å². The maximum Gasteiger partial charge on any atom is 0.248 e. The molecule has 4 unspecified atom stereocenters. The summed E-state index contributed by atoms with van der Waals surface area (Å²) in [6.07, 6.45) is 1.67. The fraction of sp³-hybridized carbons (Fsp3) is 0.600. The van der Waals surface area contributed by atoms with Crippen molar-refractivity contribution in [2.75, 3.05) is 0 Å². The Balaban J connectivity index is 1.62. The minimum atomic E-state index is -2.47. The van der Waals surface area contributed by atoms with Crippen molar-refractivity contribution in [2.45, 2.75) is 43.6 Å². The van der Waals surface area contributed by atoms with E-state index in [-0.39, 0.29) is 24.8 Å². The van der Waals surface area contributed by atoms with Crippen LogP contribution in [0.1, 0.15) is 37.2 Å². The van der Waals surface area contributed by atoms with Crippen LogP contribution in [0.25, 0.3) is 0 Å². The first-order valence-electron chi connectivity index (χ1n) is 6.75. The van der Waals surface area contributed by atoms with Gasteiger partial charge in [-0.15, -0.1) is 0 Å². The highest BCUT2D eigenvalue weighted by Gasteiger charge is 2.49. The Labute approximate surface area is 106 Å². The quantitative estimate of drug-likeness (QED) is 0.873. The largest absolute Gasteiger partial charge is 0.327 e. The molecule has 1 nitrogen and oxygen atoms in total. The van der Waals surface area contributed by atoms with Gasteiger partial charge < -0.3 is 5.73 Å². The maximum atomic E-state index is 13.2. The molecule has 1 aromatic carbocycles. The first-order valence-corrected chi connectivity index (χ1v) is 6.75. The molecule has 0 saturated heterocycles. The molecular formula is C15H19F2N. The lowest BCUT2D eigenvalue weighted by Gasteiger charge is -2.19. The van der Waals surface area contributed by atoms with Gasteiger partial charge in [0, 0.05) is 18.9 Å². The number of hydrogen-bond acceptors (Lipinski definition) is 1. The van der Waals surface area contributed by atoms with Crippen molar-refractivity contribution in [3.05, 3.63) is 35.9 Å². The summed E-state index contributed by atoms with van der Waals surface area (Å²) >= 11 is 0. The van der Waals surface area contributed by atoms with E-state index in [0.717, 1.165) is 6.42 Å². The van der Waals surface area contributed by atoms with Gasteiger partial charge >= 0.3 is 0 Å². The zero-order valence-corrected chi connectivity index (χ0v) is 10.4. The van der Waals surface area contributed by atoms with Crippen LogP contribution >= 0.6 is 0 Å². The van der Waals surface area contributed by atoms with Crippen molar-refractivity contribution in [2.24, 2.45) is 17.6 Å². The highest BCUT2D eigenvalue weighted by atomic mass is 19.3. The van der Waals surface area contributed by atoms with E-state index in [2.05, 4.69) is 12.1 Å². The van der Waals surface area contributed by atoms with Crippen LogP contribution in [0.5, 0.6) is 0 Å². The Kier molecular flexibility index (Phi) is 2.89. The Morgan fingerprint density at radius 2 is 1.94 bits per heavy atom. The second-order valence-corrected chi connectivity index (χ2v) is 5.85. The summed E-state index contributed by atoms with van der Waals surface area (Å²) in [5, 5.41) is 0. The zero-order chi connectivity index (χ0) is 12.8. The van der Waals surface area contributed by atoms with Gasteiger partial charge in [-0.2, -0.15) is 0 Å². The van der Waals surface area contributed by atoms with Gasteiger partial charge in [0.1, 0.15) is 0 Å². The van der Waals surface area contributed by atoms with Crippen LogP contribution < -0.4 is 5.73 Å². The van der Waals surface area contributed by atoms with Crippen LogP contribution in [0, 0.1) is 11.8 Å². The molecule has 4 atom stereocenters. The summed E-state index contributed by atoms with van der Waals surface area (Å²) < 4.78 is 26.4. The van der Waals surface area contributed by atoms with Gasteiger partial charge in [-0.05, 0) is 36.2 Å². The van der Waals surface area contributed by atoms with Gasteiger partial charge in [0.15, 0.2) is 0 Å². The number of hydrogen-bond donors (Lipinski definition) is 1. The van der Waals surface area contributed by atoms with Gasteiger partial charge in [0.25, 0.3) is 0 Å². The monoisotopic (exact) mass is 251 g/mol. The highest BCUT2D eigenvalue weighted by molar-refractivity contribution is 5.26. The molecule has 3 rings (SSSR count). The predicted octanol–water partition coefficient (Wildman–Crippen LogP) is 3.55. The van der Waals surface area contributed by atoms with E-state index in [0.29, 0.717) is 18.3 Å². The normalized spacial score (nSPS) is 35.4. The molecule has 2 aliphatic rings. The van der Waals surface area contributed by atoms with Crippen LogP contribution in [0.2, 0.25) is 0 Å². The lowest BCUT2D eigenvalue weighted by atomic mass is 9.92. The molecule has 0 radical (unpaired) electrons. The molecule has 0 aromatic heterocycles. The molecule has 2 aliphatic carbocycles. The molecule has 98 valence electrons. The Hall–Kier alpha value is -0.960. The third kappa shape index (κ3) is 2.28. The van der Waals surface area contributed by atoms with Crippen molar-refractivity contribution in [3.8, 4) is 0 Å². The van der Waals surface area contributed by atoms with E-state index >= 15 is 0 Å². The fourth-order valence-corrected chi connectivity index (χ4v) is 3.39. The average Bonchev–Trinajstić information content (AvgIpc) is 3.08. The Morgan fingerprint density at radius 1 is 1.22 bits per heavy atom. The van der Waals surface area contributed by atoms with Crippen LogP contribution in [0.4, 0.5) is 8.78 Å². The number of benzene rings is 1. The molecule has 0 amide bonds. The van der Waals surface area contributed by atoms with E-state index in [1.54, 1.807) is 0 Å². The van der Waals surface area contributed by atoms with E-state index in [4.69, 9.17) is 5.73 Å². The average molecular weight is 251 g/mol. The molecule has 2 saturated carbocycles. The lowest BCUT2D eigenvalue weighted by Crippen LogP contribution is -2.32. The van der Waals surface area contributed by atoms with Gasteiger partial charge in [-0.3, -0.25) is 0 Å². The highest BCUT2D eigenvalue weighted by Crippen LogP contribution is 2.53. The third-order valence-corrected chi connectivity index (χ3v) is 4.55. The number of nitrogens with two attached hydrogens (primary N) is 1. The van der Waals surface area contributed by atoms with E-state index in [1.807, 2.05) is 18.2 Å². The summed E-state index contributed by atoms with van der Waals surface area (Å²) in [4.78, 5) is 0. The topological polar surface area (TPSA) is 26.0 Å². The van der Waals surface area contributed by atoms with Crippen molar-refractivity contribution in [3.63, 3.8) is 0 Å². The number of halogens is 2. The minimum absolute atomic E-state index is 0.00776. The number of rotatable bonds is 3. The second kappa shape index (κ2) is 4.30. The summed E-state index contributed by atoms with van der Waals surface area (Å²) in [6.45, 7) is 0. The van der Waals surface area contributed by atoms with Gasteiger partial charge in [0.2, 0.25) is 5.92 Å². The van der Waals surface area contributed by atoms with E-state index in [1.165, 1.54) is 5.56 Å². The Bertz CT molecular complexity index is 418. The third-order valence-electron chi connectivity index (χ3n) is 4.55. The predicted molar refractivity (Wildman–Crippen MR) is 67.6 cm³/mol. The zero-order valence-electron chi connectivity index (χ0n) is 10.4. The molecule has 0 aliphatic heterocycles. The summed E-state index contributed by atoms with van der Waals surface area (Å²) in [6, 6.07) is 10.2. The molecule has 18 heavy (non-hydrogen) atoms. The summed E-state index contributed by atoms with van der Waals surface area (Å²) in [7, 11) is 0. The smallest absolute Gasteiger partial charge is 0.248 e. The van der Waals surface area contributed by atoms with Crippen LogP contribution in [-0.4, -0.2) is 12.0 Å². The Morgan fingerprint density at radius 3 is 2.56 bits per heavy atom. The fourth-order valence-electron chi connectivity index (χ4n) is 3.39. The van der Waals surface area contributed by atoms with Crippen LogP contribution in [0.15, 0.2) is 30.3 Å².